The fraction of sp³-hybridized carbons (Fsp3) is 0.955. The number of aliphatic hydroxyl groups is 8. The SMILES string of the molecule is CN(CCO)CCO.CN1CCC(O)CC1.CN1CCC1.CN1CCS(=O)(=O)CC1.CN1CCSCC1.CNC(CO)CO.CNC1CCOCC1.CNCC(O)CO.CNCCO.CNCCOC.CNOC.CNc1cn[nH]c1.COCCN(C)C.COCCN(C)CCOC.CON(C)C. The van der Waals surface area contributed by atoms with Gasteiger partial charge in [0.2, 0.25) is 0 Å². The molecule has 6 rings (SSSR count). The summed E-state index contributed by atoms with van der Waals surface area (Å²) < 4.78 is 46.1. The molecule has 5 aliphatic rings. The molecule has 6 heterocycles. The van der Waals surface area contributed by atoms with Gasteiger partial charge in [0.15, 0.2) is 9.84 Å². The summed E-state index contributed by atoms with van der Waals surface area (Å²) in [4.78, 5) is 23.9. The summed E-state index contributed by atoms with van der Waals surface area (Å²) in [7, 11) is 40.0. The molecule has 1 atom stereocenters. The summed E-state index contributed by atoms with van der Waals surface area (Å²) >= 11 is 2.06. The molecule has 0 aromatic carbocycles. The molecule has 1 unspecified atom stereocenters. The van der Waals surface area contributed by atoms with Crippen LogP contribution in [0.3, 0.4) is 0 Å². The van der Waals surface area contributed by atoms with Gasteiger partial charge in [-0.1, -0.05) is 0 Å². The van der Waals surface area contributed by atoms with Crippen molar-refractivity contribution in [3.63, 3.8) is 0 Å². The van der Waals surface area contributed by atoms with Crippen LogP contribution in [0.5, 0.6) is 0 Å². The van der Waals surface area contributed by atoms with Gasteiger partial charge in [-0.2, -0.15) is 21.9 Å². The smallest absolute Gasteiger partial charge is 0.152 e. The molecule has 0 aliphatic carbocycles. The number of likely N-dealkylation sites (tertiary alicyclic amines) is 2. The molecule has 1 aromatic rings. The highest BCUT2D eigenvalue weighted by Crippen LogP contribution is 2.08. The Balaban J connectivity index is -0.000000132. The van der Waals surface area contributed by atoms with Gasteiger partial charge in [-0.3, -0.25) is 5.10 Å². The second-order valence-corrected chi connectivity index (χ2v) is 27.4. The second-order valence-electron chi connectivity index (χ2n) is 23.9. The Kier molecular flexibility index (Phi) is 116. The van der Waals surface area contributed by atoms with Crippen molar-refractivity contribution in [3.8, 4) is 0 Å². The molecule has 34 nitrogen and oxygen atoms in total. The van der Waals surface area contributed by atoms with Crippen molar-refractivity contribution >= 4 is 27.3 Å². The van der Waals surface area contributed by atoms with Crippen LogP contribution in [0.1, 0.15) is 32.1 Å². The summed E-state index contributed by atoms with van der Waals surface area (Å²) in [5.74, 6) is 3.33. The van der Waals surface area contributed by atoms with Gasteiger partial charge in [-0.05, 0) is 137 Å². The molecule has 16 N–H and O–H groups in total. The topological polar surface area (TPSA) is 399 Å². The average Bonchev–Trinajstić information content (AvgIpc) is 1.61. The van der Waals surface area contributed by atoms with Gasteiger partial charge >= 0.3 is 0 Å². The Hall–Kier alpha value is -1.85. The third kappa shape index (κ3) is 119. The zero-order chi connectivity index (χ0) is 80.6. The lowest BCUT2D eigenvalue weighted by Crippen LogP contribution is -2.37. The van der Waals surface area contributed by atoms with Crippen LogP contribution in [0.15, 0.2) is 12.4 Å². The van der Waals surface area contributed by atoms with Gasteiger partial charge < -0.3 is 140 Å². The first-order valence-electron chi connectivity index (χ1n) is 35.6. The first-order chi connectivity index (χ1) is 49.1. The van der Waals surface area contributed by atoms with Gasteiger partial charge in [-0.25, -0.2) is 13.9 Å². The van der Waals surface area contributed by atoms with E-state index in [-0.39, 0.29) is 51.8 Å². The largest absolute Gasteiger partial charge is 0.395 e. The number of hydrogen-bond acceptors (Lipinski definition) is 34. The monoisotopic (exact) mass is 1540 g/mol. The number of nitrogens with one attached hydrogen (secondary N) is 8. The van der Waals surface area contributed by atoms with E-state index in [0.29, 0.717) is 56.8 Å². The molecule has 0 amide bonds. The minimum atomic E-state index is -2.66. The molecule has 5 saturated heterocycles. The lowest BCUT2D eigenvalue weighted by Gasteiger charge is -2.25. The molecule has 1 aromatic heterocycles. The number of methoxy groups -OCH3 is 4. The molecule has 632 valence electrons. The number of rotatable bonds is 28. The molecule has 36 heteroatoms. The summed E-state index contributed by atoms with van der Waals surface area (Å²) in [6, 6.07) is 0.559. The number of sulfone groups is 1. The van der Waals surface area contributed by atoms with Crippen molar-refractivity contribution in [1.82, 2.24) is 81.6 Å². The minimum absolute atomic E-state index is 0.00694. The summed E-state index contributed by atoms with van der Waals surface area (Å²) in [5, 5.41) is 92.3. The number of aromatic amines is 1. The zero-order valence-corrected chi connectivity index (χ0v) is 70.9. The van der Waals surface area contributed by atoms with Crippen LogP contribution in [-0.4, -0.2) is 493 Å². The van der Waals surface area contributed by atoms with Gasteiger partial charge in [0.25, 0.3) is 0 Å². The summed E-state index contributed by atoms with van der Waals surface area (Å²) in [6.45, 7) is 20.5. The quantitative estimate of drug-likeness (QED) is 0.0287. The Morgan fingerprint density at radius 2 is 1.03 bits per heavy atom. The van der Waals surface area contributed by atoms with E-state index in [2.05, 4.69) is 122 Å². The number of piperidine rings is 1. The molecule has 0 bridgehead atoms. The van der Waals surface area contributed by atoms with Crippen molar-refractivity contribution in [2.45, 2.75) is 56.4 Å². The minimum Gasteiger partial charge on any atom is -0.395 e. The normalized spacial score (nSPS) is 15.8. The van der Waals surface area contributed by atoms with E-state index in [1.165, 1.54) is 56.9 Å². The van der Waals surface area contributed by atoms with Crippen molar-refractivity contribution in [2.75, 3.05) is 375 Å². The van der Waals surface area contributed by atoms with E-state index in [1.807, 2.05) is 73.2 Å². The van der Waals surface area contributed by atoms with Crippen LogP contribution in [0.2, 0.25) is 0 Å². The van der Waals surface area contributed by atoms with Crippen LogP contribution < -0.4 is 37.4 Å². The second kappa shape index (κ2) is 100. The van der Waals surface area contributed by atoms with Gasteiger partial charge in [0, 0.05) is 185 Å². The number of hydroxylamine groups is 3. The highest BCUT2D eigenvalue weighted by atomic mass is 32.2. The number of anilines is 1. The number of ether oxygens (including phenoxy) is 5. The maximum Gasteiger partial charge on any atom is 0.152 e. The average molecular weight is 1550 g/mol. The van der Waals surface area contributed by atoms with Gasteiger partial charge in [0.1, 0.15) is 0 Å². The third-order valence-corrected chi connectivity index (χ3v) is 16.6. The molecule has 0 spiro atoms. The summed E-state index contributed by atoms with van der Waals surface area (Å²) in [5.41, 5.74) is 3.44. The zero-order valence-electron chi connectivity index (χ0n) is 69.2. The molecule has 0 radical (unpaired) electrons. The van der Waals surface area contributed by atoms with E-state index in [4.69, 9.17) is 64.5 Å². The molecule has 103 heavy (non-hydrogen) atoms. The highest BCUT2D eigenvalue weighted by Gasteiger charge is 2.18. The predicted molar refractivity (Wildman–Crippen MR) is 428 cm³/mol. The van der Waals surface area contributed by atoms with Gasteiger partial charge in [-0.15, -0.1) is 0 Å². The maximum atomic E-state index is 10.8. The lowest BCUT2D eigenvalue weighted by molar-refractivity contribution is -0.0855. The fourth-order valence-corrected chi connectivity index (χ4v) is 8.96. The van der Waals surface area contributed by atoms with Crippen LogP contribution in [-0.2, 0) is 43.2 Å². The number of aromatic nitrogens is 2. The van der Waals surface area contributed by atoms with E-state index in [9.17, 15) is 8.42 Å². The van der Waals surface area contributed by atoms with Crippen LogP contribution >= 0.6 is 11.8 Å². The van der Waals surface area contributed by atoms with Crippen LogP contribution in [0, 0.1) is 0 Å². The first kappa shape index (κ1) is 119. The molecular weight excluding hydrogens is 1380 g/mol. The third-order valence-electron chi connectivity index (χ3n) is 14.0. The summed E-state index contributed by atoms with van der Waals surface area (Å²) in [6.07, 6.45) is 8.56. The molecule has 5 aliphatic heterocycles. The van der Waals surface area contributed by atoms with Crippen molar-refractivity contribution in [3.05, 3.63) is 12.4 Å². The Morgan fingerprint density at radius 1 is 0.602 bits per heavy atom. The Bertz CT molecular complexity index is 1640. The number of aliphatic hydroxyl groups excluding tert-OH is 8. The highest BCUT2D eigenvalue weighted by molar-refractivity contribution is 7.99. The van der Waals surface area contributed by atoms with E-state index < -0.39 is 15.9 Å². The molecule has 0 saturated carbocycles. The van der Waals surface area contributed by atoms with Crippen molar-refractivity contribution in [1.29, 1.82) is 0 Å². The number of H-pyrrole nitrogens is 1. The van der Waals surface area contributed by atoms with E-state index >= 15 is 0 Å². The first-order valence-corrected chi connectivity index (χ1v) is 38.5. The van der Waals surface area contributed by atoms with Gasteiger partial charge in [0.05, 0.1) is 122 Å². The Labute approximate surface area is 632 Å². The predicted octanol–water partition coefficient (Wildman–Crippen LogP) is -3.40. The van der Waals surface area contributed by atoms with Crippen molar-refractivity contribution < 1.29 is 82.6 Å². The molecule has 5 fully saturated rings. The van der Waals surface area contributed by atoms with Crippen molar-refractivity contribution in [2.24, 2.45) is 0 Å². The van der Waals surface area contributed by atoms with Crippen LogP contribution in [0.4, 0.5) is 5.69 Å². The number of thioether (sulfide) groups is 1. The molecular formula is C67H165N17O17S2. The maximum absolute atomic E-state index is 10.8. The number of nitrogens with zero attached hydrogens (tertiary/aromatic N) is 9. The fourth-order valence-electron chi connectivity index (χ4n) is 6.49. The Morgan fingerprint density at radius 3 is 1.23 bits per heavy atom. The van der Waals surface area contributed by atoms with E-state index in [0.717, 1.165) is 97.4 Å². The standard InChI is InChI=1S/C7H17NO2.2C6H13NO.C5H11NO2S.C5H13NO2.C5H13NO.C5H11NS.C4H7N3.2C4H11NO2.C4H11NO.C4H9N.2C3H9NO.C2H7NO/c1-8(4-6-9-2)5-7-10-3;1-7-6-2-4-8-5-3-6;1-7-4-2-6(8)3-5-7;1-6-2-4-9(7,8)5-3-6;1-6(2-4-7)3-5-8;1-6(2)4-5-7-3;1-6-2-4-7-5-3-6;1-5-4-2-6-7-3-4;1-5-4(2-6)3-7;1-5-2-4(7)3-6;1-5-3-4-6-2;1-5-3-2-4-5;1-4(2)5-3;1-4-2-3-5;1-3-4-2/h4-7H2,1-3H3;6-7H,2-5H2,1H3;6,8H,2-5H2,1H3;2-5H2,1H3;7-8H,2-5H2,1H3;4-5H2,1-3H3;2-5H2,1H3;2-3,5H,1H3,(H,6,7);2*4-7H,2-3H2,1H3;5H,3-4H2,1-2H3;2-4H2,1H3;1-3H3;4-5H,2-3H2,1H3;3H,1-2H3. The van der Waals surface area contributed by atoms with E-state index in [1.54, 1.807) is 88.3 Å². The lowest BCUT2D eigenvalue weighted by atomic mass is 10.1. The number of hydrogen-bond donors (Lipinski definition) is 16. The van der Waals surface area contributed by atoms with Crippen LogP contribution in [0.25, 0.3) is 0 Å². The number of likely N-dealkylation sites (N-methyl/N-ethyl adjacent to an activating group) is 7.